The number of fused-ring (bicyclic) bond motifs is 1. The Labute approximate surface area is 136 Å². The molecule has 3 rings (SSSR count). The molecule has 9 nitrogen and oxygen atoms in total. The number of benzene rings is 1. The van der Waals surface area contributed by atoms with Crippen LogP contribution in [0.1, 0.15) is 10.4 Å². The minimum Gasteiger partial charge on any atom is -0.366 e. The van der Waals surface area contributed by atoms with Gasteiger partial charge in [0, 0.05) is 18.3 Å². The summed E-state index contributed by atoms with van der Waals surface area (Å²) in [7, 11) is 1.52. The first-order valence-corrected chi connectivity index (χ1v) is 7.07. The summed E-state index contributed by atoms with van der Waals surface area (Å²) in [5.74, 6) is 0.435. The van der Waals surface area contributed by atoms with Crippen molar-refractivity contribution in [2.45, 2.75) is 0 Å². The molecule has 0 radical (unpaired) electrons. The molecule has 0 spiro atoms. The highest BCUT2D eigenvalue weighted by Crippen LogP contribution is 2.17. The smallest absolute Gasteiger partial charge is 0.320 e. The maximum Gasteiger partial charge on any atom is 0.320 e. The van der Waals surface area contributed by atoms with Crippen LogP contribution in [0.5, 0.6) is 0 Å². The van der Waals surface area contributed by atoms with E-state index in [1.165, 1.54) is 11.6 Å². The lowest BCUT2D eigenvalue weighted by Gasteiger charge is -2.06. The van der Waals surface area contributed by atoms with Crippen LogP contribution in [-0.2, 0) is 0 Å². The Morgan fingerprint density at radius 2 is 2.00 bits per heavy atom. The summed E-state index contributed by atoms with van der Waals surface area (Å²) in [4.78, 5) is 26.8. The molecule has 1 aromatic carbocycles. The van der Waals surface area contributed by atoms with Crippen molar-refractivity contribution in [1.29, 1.82) is 0 Å². The first-order chi connectivity index (χ1) is 11.5. The predicted octanol–water partition coefficient (Wildman–Crippen LogP) is 1.32. The Kier molecular flexibility index (Phi) is 3.98. The van der Waals surface area contributed by atoms with Crippen molar-refractivity contribution >= 4 is 34.9 Å². The van der Waals surface area contributed by atoms with Gasteiger partial charge in [0.05, 0.1) is 6.20 Å². The largest absolute Gasteiger partial charge is 0.366 e. The number of rotatable bonds is 4. The highest BCUT2D eigenvalue weighted by atomic mass is 16.2. The monoisotopic (exact) mass is 325 g/mol. The Bertz CT molecular complexity index is 919. The fraction of sp³-hybridized carbons (Fsp3) is 0.0667. The Morgan fingerprint density at radius 3 is 2.75 bits per heavy atom. The van der Waals surface area contributed by atoms with Crippen LogP contribution in [0.3, 0.4) is 0 Å². The molecule has 3 aromatic rings. The Hall–Kier alpha value is -3.62. The quantitative estimate of drug-likeness (QED) is 0.575. The molecule has 2 heterocycles. The van der Waals surface area contributed by atoms with E-state index in [0.29, 0.717) is 28.5 Å². The molecular formula is C15H15N7O2. The lowest BCUT2D eigenvalue weighted by Crippen LogP contribution is -2.24. The zero-order chi connectivity index (χ0) is 17.1. The molecular weight excluding hydrogens is 310 g/mol. The van der Waals surface area contributed by atoms with Crippen LogP contribution in [0, 0.1) is 0 Å². The zero-order valence-electron chi connectivity index (χ0n) is 12.8. The summed E-state index contributed by atoms with van der Waals surface area (Å²) in [5, 5.41) is 12.5. The van der Waals surface area contributed by atoms with Gasteiger partial charge < -0.3 is 16.4 Å². The maximum atomic E-state index is 11.3. The fourth-order valence-corrected chi connectivity index (χ4v) is 2.09. The minimum atomic E-state index is -0.499. The van der Waals surface area contributed by atoms with E-state index in [-0.39, 0.29) is 6.03 Å². The van der Waals surface area contributed by atoms with Crippen LogP contribution < -0.4 is 21.7 Å². The van der Waals surface area contributed by atoms with Gasteiger partial charge in [-0.15, -0.1) is 5.10 Å². The van der Waals surface area contributed by atoms with Gasteiger partial charge in [-0.2, -0.15) is 0 Å². The van der Waals surface area contributed by atoms with Crippen LogP contribution in [0.15, 0.2) is 42.6 Å². The molecule has 0 fully saturated rings. The van der Waals surface area contributed by atoms with E-state index in [4.69, 9.17) is 5.73 Å². The number of aromatic nitrogens is 3. The molecule has 9 heteroatoms. The van der Waals surface area contributed by atoms with E-state index in [9.17, 15) is 9.59 Å². The molecule has 0 saturated heterocycles. The van der Waals surface area contributed by atoms with Crippen molar-refractivity contribution < 1.29 is 9.59 Å². The van der Waals surface area contributed by atoms with Crippen molar-refractivity contribution in [1.82, 2.24) is 19.9 Å². The number of primary amides is 1. The third kappa shape index (κ3) is 3.24. The molecule has 0 aliphatic heterocycles. The van der Waals surface area contributed by atoms with Gasteiger partial charge in [0.15, 0.2) is 17.3 Å². The lowest BCUT2D eigenvalue weighted by atomic mass is 10.2. The Morgan fingerprint density at radius 1 is 1.17 bits per heavy atom. The first-order valence-electron chi connectivity index (χ1n) is 7.07. The summed E-state index contributed by atoms with van der Waals surface area (Å²) in [5.41, 5.74) is 6.94. The van der Waals surface area contributed by atoms with E-state index in [1.54, 1.807) is 42.6 Å². The number of anilines is 3. The number of carbonyl (C=O) groups excluding carboxylic acids is 2. The predicted molar refractivity (Wildman–Crippen MR) is 89.3 cm³/mol. The second kappa shape index (κ2) is 6.24. The standard InChI is InChI=1S/C15H15N7O2/c1-17-15(24)20-12-8-22-13(19-12)6-5-11(21-22)18-10-4-2-3-9(7-10)14(16)23/h2-8H,1H3,(H2,16,23)(H,18,21)(H2,17,20,24). The number of urea groups is 1. The third-order valence-corrected chi connectivity index (χ3v) is 3.21. The molecule has 0 aliphatic rings. The number of amides is 3. The molecule has 24 heavy (non-hydrogen) atoms. The van der Waals surface area contributed by atoms with Crippen LogP contribution >= 0.6 is 0 Å². The van der Waals surface area contributed by atoms with Crippen LogP contribution in [-0.4, -0.2) is 33.6 Å². The summed E-state index contributed by atoms with van der Waals surface area (Å²) < 4.78 is 1.53. The van der Waals surface area contributed by atoms with Gasteiger partial charge in [-0.05, 0) is 30.3 Å². The number of carbonyl (C=O) groups is 2. The number of nitrogens with two attached hydrogens (primary N) is 1. The van der Waals surface area contributed by atoms with Crippen LogP contribution in [0.4, 0.5) is 22.1 Å². The maximum absolute atomic E-state index is 11.3. The second-order valence-corrected chi connectivity index (χ2v) is 4.92. The number of nitrogens with one attached hydrogen (secondary N) is 3. The molecule has 122 valence electrons. The van der Waals surface area contributed by atoms with Gasteiger partial charge in [0.2, 0.25) is 5.91 Å². The average molecular weight is 325 g/mol. The van der Waals surface area contributed by atoms with Gasteiger partial charge in [-0.1, -0.05) is 6.07 Å². The van der Waals surface area contributed by atoms with E-state index < -0.39 is 5.91 Å². The normalized spacial score (nSPS) is 10.4. The van der Waals surface area contributed by atoms with E-state index in [0.717, 1.165) is 0 Å². The number of nitrogens with zero attached hydrogens (tertiary/aromatic N) is 3. The number of hydrogen-bond donors (Lipinski definition) is 4. The Balaban J connectivity index is 1.84. The summed E-state index contributed by atoms with van der Waals surface area (Å²) >= 11 is 0. The van der Waals surface area contributed by atoms with Crippen molar-refractivity contribution in [2.75, 3.05) is 17.7 Å². The van der Waals surface area contributed by atoms with Crippen LogP contribution in [0.25, 0.3) is 5.65 Å². The van der Waals surface area contributed by atoms with Crippen molar-refractivity contribution in [3.63, 3.8) is 0 Å². The molecule has 0 saturated carbocycles. The number of hydrogen-bond acceptors (Lipinski definition) is 5. The van der Waals surface area contributed by atoms with E-state index in [2.05, 4.69) is 26.0 Å². The molecule has 3 amide bonds. The van der Waals surface area contributed by atoms with Crippen LogP contribution in [0.2, 0.25) is 0 Å². The molecule has 5 N–H and O–H groups in total. The molecule has 0 atom stereocenters. The molecule has 0 aliphatic carbocycles. The number of imidazole rings is 1. The SMILES string of the molecule is CNC(=O)Nc1cn2nc(Nc3cccc(C(N)=O)c3)ccc2n1. The van der Waals surface area contributed by atoms with Crippen molar-refractivity contribution in [2.24, 2.45) is 5.73 Å². The second-order valence-electron chi connectivity index (χ2n) is 4.92. The highest BCUT2D eigenvalue weighted by Gasteiger charge is 2.07. The molecule has 0 bridgehead atoms. The van der Waals surface area contributed by atoms with Gasteiger partial charge in [0.25, 0.3) is 0 Å². The fourth-order valence-electron chi connectivity index (χ4n) is 2.09. The third-order valence-electron chi connectivity index (χ3n) is 3.21. The summed E-state index contributed by atoms with van der Waals surface area (Å²) in [6, 6.07) is 9.93. The molecule has 0 unspecified atom stereocenters. The van der Waals surface area contributed by atoms with Gasteiger partial charge >= 0.3 is 6.03 Å². The van der Waals surface area contributed by atoms with E-state index >= 15 is 0 Å². The lowest BCUT2D eigenvalue weighted by molar-refractivity contribution is 0.100. The van der Waals surface area contributed by atoms with Gasteiger partial charge in [-0.25, -0.2) is 14.3 Å². The minimum absolute atomic E-state index is 0.361. The summed E-state index contributed by atoms with van der Waals surface area (Å²) in [6.07, 6.45) is 1.59. The van der Waals surface area contributed by atoms with Crippen molar-refractivity contribution in [3.8, 4) is 0 Å². The summed E-state index contributed by atoms with van der Waals surface area (Å²) in [6.45, 7) is 0. The zero-order valence-corrected chi connectivity index (χ0v) is 12.8. The highest BCUT2D eigenvalue weighted by molar-refractivity contribution is 5.93. The van der Waals surface area contributed by atoms with Crippen molar-refractivity contribution in [3.05, 3.63) is 48.2 Å². The average Bonchev–Trinajstić information content (AvgIpc) is 2.96. The first kappa shape index (κ1) is 15.3. The molecule has 2 aromatic heterocycles. The van der Waals surface area contributed by atoms with E-state index in [1.807, 2.05) is 0 Å². The van der Waals surface area contributed by atoms with Gasteiger partial charge in [0.1, 0.15) is 0 Å². The topological polar surface area (TPSA) is 126 Å². The van der Waals surface area contributed by atoms with Gasteiger partial charge in [-0.3, -0.25) is 10.1 Å².